The maximum absolute atomic E-state index is 12.9. The standard InChI is InChI=1S/C21H21ClN2O2/c1-5-24-11-16(20(25)15-7-8-17(22)14(4)19(15)24)21(26)23-18-9-6-12(2)10-13(18)3/h6-11H,5H2,1-4H3,(H,23,26). The van der Waals surface area contributed by atoms with Gasteiger partial charge in [0.05, 0.1) is 5.52 Å². The summed E-state index contributed by atoms with van der Waals surface area (Å²) >= 11 is 6.21. The number of hydrogen-bond acceptors (Lipinski definition) is 2. The van der Waals surface area contributed by atoms with E-state index in [1.54, 1.807) is 18.3 Å². The topological polar surface area (TPSA) is 51.1 Å². The molecule has 3 rings (SSSR count). The van der Waals surface area contributed by atoms with Gasteiger partial charge in [0.2, 0.25) is 5.43 Å². The average molecular weight is 369 g/mol. The summed E-state index contributed by atoms with van der Waals surface area (Å²) in [5, 5.41) is 3.96. The number of hydrogen-bond donors (Lipinski definition) is 1. The molecular weight excluding hydrogens is 348 g/mol. The lowest BCUT2D eigenvalue weighted by molar-refractivity contribution is 0.102. The van der Waals surface area contributed by atoms with Crippen LogP contribution >= 0.6 is 11.6 Å². The molecule has 0 aliphatic heterocycles. The van der Waals surface area contributed by atoms with Crippen molar-refractivity contribution < 1.29 is 4.79 Å². The van der Waals surface area contributed by atoms with Crippen LogP contribution in [0.1, 0.15) is 34.0 Å². The fourth-order valence-corrected chi connectivity index (χ4v) is 3.36. The second-order valence-corrected chi connectivity index (χ2v) is 6.91. The molecule has 0 saturated heterocycles. The second-order valence-electron chi connectivity index (χ2n) is 6.50. The minimum Gasteiger partial charge on any atom is -0.346 e. The van der Waals surface area contributed by atoms with Gasteiger partial charge in [-0.2, -0.15) is 0 Å². The number of amides is 1. The summed E-state index contributed by atoms with van der Waals surface area (Å²) in [6, 6.07) is 9.16. The first-order valence-electron chi connectivity index (χ1n) is 8.54. The fraction of sp³-hybridized carbons (Fsp3) is 0.238. The minimum absolute atomic E-state index is 0.126. The van der Waals surface area contributed by atoms with E-state index in [0.717, 1.165) is 22.2 Å². The molecule has 1 heterocycles. The molecule has 0 unspecified atom stereocenters. The van der Waals surface area contributed by atoms with Gasteiger partial charge in [0.1, 0.15) is 5.56 Å². The predicted octanol–water partition coefficient (Wildman–Crippen LogP) is 4.85. The van der Waals surface area contributed by atoms with Crippen molar-refractivity contribution in [3.8, 4) is 0 Å². The van der Waals surface area contributed by atoms with Crippen molar-refractivity contribution in [3.63, 3.8) is 0 Å². The Hall–Kier alpha value is -2.59. The molecule has 0 radical (unpaired) electrons. The molecule has 3 aromatic rings. The van der Waals surface area contributed by atoms with Crippen LogP contribution in [0.4, 0.5) is 5.69 Å². The Morgan fingerprint density at radius 2 is 1.88 bits per heavy atom. The number of halogens is 1. The lowest BCUT2D eigenvalue weighted by Crippen LogP contribution is -2.24. The number of carbonyl (C=O) groups excluding carboxylic acids is 1. The predicted molar refractivity (Wildman–Crippen MR) is 107 cm³/mol. The summed E-state index contributed by atoms with van der Waals surface area (Å²) in [6.07, 6.45) is 1.62. The molecule has 0 aliphatic rings. The summed E-state index contributed by atoms with van der Waals surface area (Å²) in [7, 11) is 0. The molecule has 0 fully saturated rings. The largest absolute Gasteiger partial charge is 0.346 e. The SMILES string of the molecule is CCn1cc(C(=O)Nc2ccc(C)cc2C)c(=O)c2ccc(Cl)c(C)c21. The monoisotopic (exact) mass is 368 g/mol. The van der Waals surface area contributed by atoms with E-state index in [-0.39, 0.29) is 11.0 Å². The van der Waals surface area contributed by atoms with Crippen LogP contribution in [0.25, 0.3) is 10.9 Å². The van der Waals surface area contributed by atoms with Crippen molar-refractivity contribution in [1.82, 2.24) is 4.57 Å². The first-order valence-corrected chi connectivity index (χ1v) is 8.92. The maximum Gasteiger partial charge on any atom is 0.261 e. The second kappa shape index (κ2) is 6.96. The van der Waals surface area contributed by atoms with Crippen molar-refractivity contribution in [2.75, 3.05) is 5.32 Å². The summed E-state index contributed by atoms with van der Waals surface area (Å²) < 4.78 is 1.90. The van der Waals surface area contributed by atoms with Crippen LogP contribution in [0.5, 0.6) is 0 Å². The van der Waals surface area contributed by atoms with Gasteiger partial charge in [-0.3, -0.25) is 9.59 Å². The average Bonchev–Trinajstić information content (AvgIpc) is 2.60. The van der Waals surface area contributed by atoms with Crippen molar-refractivity contribution in [2.45, 2.75) is 34.2 Å². The summed E-state index contributed by atoms with van der Waals surface area (Å²) in [4.78, 5) is 25.7. The highest BCUT2D eigenvalue weighted by Gasteiger charge is 2.17. The van der Waals surface area contributed by atoms with Gasteiger partial charge in [-0.05, 0) is 57.0 Å². The van der Waals surface area contributed by atoms with Gasteiger partial charge in [-0.15, -0.1) is 0 Å². The molecule has 1 amide bonds. The van der Waals surface area contributed by atoms with Crippen LogP contribution in [-0.4, -0.2) is 10.5 Å². The summed E-state index contributed by atoms with van der Waals surface area (Å²) in [6.45, 7) is 8.40. The van der Waals surface area contributed by atoms with Gasteiger partial charge < -0.3 is 9.88 Å². The van der Waals surface area contributed by atoms with E-state index in [0.29, 0.717) is 22.6 Å². The van der Waals surface area contributed by atoms with Gasteiger partial charge in [-0.25, -0.2) is 0 Å². The fourth-order valence-electron chi connectivity index (χ4n) is 3.21. The smallest absolute Gasteiger partial charge is 0.261 e. The molecular formula is C21H21ClN2O2. The Morgan fingerprint density at radius 1 is 1.15 bits per heavy atom. The van der Waals surface area contributed by atoms with Crippen LogP contribution in [0.2, 0.25) is 5.02 Å². The first kappa shape index (κ1) is 18.2. The number of benzene rings is 2. The molecule has 5 heteroatoms. The third-order valence-corrected chi connectivity index (χ3v) is 5.05. The summed E-state index contributed by atoms with van der Waals surface area (Å²) in [5.74, 6) is -0.404. The third kappa shape index (κ3) is 3.13. The van der Waals surface area contributed by atoms with Gasteiger partial charge in [0.15, 0.2) is 0 Å². The highest BCUT2D eigenvalue weighted by atomic mass is 35.5. The Balaban J connectivity index is 2.13. The number of fused-ring (bicyclic) bond motifs is 1. The minimum atomic E-state index is -0.404. The molecule has 0 saturated carbocycles. The Bertz CT molecular complexity index is 1080. The molecule has 1 N–H and O–H groups in total. The van der Waals surface area contributed by atoms with Gasteiger partial charge in [-0.1, -0.05) is 29.3 Å². The van der Waals surface area contributed by atoms with Crippen LogP contribution in [0.15, 0.2) is 41.3 Å². The molecule has 0 aliphatic carbocycles. The quantitative estimate of drug-likeness (QED) is 0.718. The lowest BCUT2D eigenvalue weighted by atomic mass is 10.1. The Labute approximate surface area is 157 Å². The van der Waals surface area contributed by atoms with Crippen molar-refractivity contribution in [1.29, 1.82) is 0 Å². The molecule has 2 aromatic carbocycles. The highest BCUT2D eigenvalue weighted by molar-refractivity contribution is 6.32. The van der Waals surface area contributed by atoms with E-state index in [2.05, 4.69) is 5.32 Å². The van der Waals surface area contributed by atoms with Crippen LogP contribution in [-0.2, 0) is 6.54 Å². The van der Waals surface area contributed by atoms with E-state index in [1.165, 1.54) is 0 Å². The molecule has 0 atom stereocenters. The number of nitrogens with one attached hydrogen (secondary N) is 1. The summed E-state index contributed by atoms with van der Waals surface area (Å²) in [5.41, 5.74) is 4.23. The van der Waals surface area contributed by atoms with E-state index >= 15 is 0 Å². The lowest BCUT2D eigenvalue weighted by Gasteiger charge is -2.15. The van der Waals surface area contributed by atoms with Crippen molar-refractivity contribution in [2.24, 2.45) is 0 Å². The zero-order valence-corrected chi connectivity index (χ0v) is 16.1. The molecule has 4 nitrogen and oxygen atoms in total. The highest BCUT2D eigenvalue weighted by Crippen LogP contribution is 2.24. The van der Waals surface area contributed by atoms with Gasteiger partial charge in [0, 0.05) is 28.8 Å². The zero-order chi connectivity index (χ0) is 19.0. The number of carbonyl (C=O) groups is 1. The molecule has 0 spiro atoms. The number of nitrogens with zero attached hydrogens (tertiary/aromatic N) is 1. The molecule has 1 aromatic heterocycles. The normalized spacial score (nSPS) is 11.0. The van der Waals surface area contributed by atoms with Crippen LogP contribution < -0.4 is 10.7 Å². The molecule has 0 bridgehead atoms. The number of rotatable bonds is 3. The van der Waals surface area contributed by atoms with Crippen LogP contribution in [0, 0.1) is 20.8 Å². The van der Waals surface area contributed by atoms with Crippen molar-refractivity contribution >= 4 is 34.1 Å². The zero-order valence-electron chi connectivity index (χ0n) is 15.3. The third-order valence-electron chi connectivity index (χ3n) is 4.64. The van der Waals surface area contributed by atoms with Crippen molar-refractivity contribution in [3.05, 3.63) is 74.0 Å². The van der Waals surface area contributed by atoms with E-state index in [4.69, 9.17) is 11.6 Å². The van der Waals surface area contributed by atoms with E-state index in [9.17, 15) is 9.59 Å². The van der Waals surface area contributed by atoms with Crippen LogP contribution in [0.3, 0.4) is 0 Å². The number of aromatic nitrogens is 1. The molecule has 26 heavy (non-hydrogen) atoms. The van der Waals surface area contributed by atoms with E-state index < -0.39 is 5.91 Å². The Kier molecular flexibility index (Phi) is 4.88. The van der Waals surface area contributed by atoms with Gasteiger partial charge >= 0.3 is 0 Å². The number of anilines is 1. The number of pyridine rings is 1. The maximum atomic E-state index is 12.9. The number of aryl methyl sites for hydroxylation is 4. The van der Waals surface area contributed by atoms with E-state index in [1.807, 2.05) is 50.5 Å². The molecule has 134 valence electrons. The van der Waals surface area contributed by atoms with Gasteiger partial charge in [0.25, 0.3) is 5.91 Å². The Morgan fingerprint density at radius 3 is 2.54 bits per heavy atom. The first-order chi connectivity index (χ1) is 12.3.